The second kappa shape index (κ2) is 12.4. The predicted octanol–water partition coefficient (Wildman–Crippen LogP) is -7.45. The summed E-state index contributed by atoms with van der Waals surface area (Å²) in [6, 6.07) is 0. The summed E-state index contributed by atoms with van der Waals surface area (Å²) in [7, 11) is 0. The van der Waals surface area contributed by atoms with Crippen LogP contribution in [-0.4, -0.2) is 11.0 Å². The van der Waals surface area contributed by atoms with Crippen molar-refractivity contribution in [3.63, 3.8) is 0 Å². The van der Waals surface area contributed by atoms with Crippen molar-refractivity contribution in [2.75, 3.05) is 0 Å². The molecule has 0 fully saturated rings. The van der Waals surface area contributed by atoms with Gasteiger partial charge in [-0.05, 0) is 11.0 Å². The zero-order valence-corrected chi connectivity index (χ0v) is 15.0. The van der Waals surface area contributed by atoms with E-state index in [0.29, 0.717) is 5.92 Å². The SMILES string of the molecule is CC1=[C-]C(C)C(C)=C1C.[Cl-].[Cl-].[Cl-].[SiH3].[Ti+4]. The minimum absolute atomic E-state index is 0. The number of halogens is 3. The Kier molecular flexibility index (Phi) is 26.0. The van der Waals surface area contributed by atoms with E-state index in [1.807, 2.05) is 0 Å². The molecule has 1 rings (SSSR count). The van der Waals surface area contributed by atoms with Crippen LogP contribution in [0.3, 0.4) is 0 Å². The molecule has 0 nitrogen and oxygen atoms in total. The van der Waals surface area contributed by atoms with Crippen LogP contribution in [0.2, 0.25) is 0 Å². The maximum absolute atomic E-state index is 3.36. The molecule has 0 bridgehead atoms. The Balaban J connectivity index is -0.0000000540. The van der Waals surface area contributed by atoms with E-state index in [9.17, 15) is 0 Å². The first kappa shape index (κ1) is 29.5. The quantitative estimate of drug-likeness (QED) is 0.308. The Morgan fingerprint density at radius 1 is 1.00 bits per heavy atom. The van der Waals surface area contributed by atoms with Gasteiger partial charge in [0.2, 0.25) is 0 Å². The van der Waals surface area contributed by atoms with E-state index in [-0.39, 0.29) is 69.9 Å². The summed E-state index contributed by atoms with van der Waals surface area (Å²) in [4.78, 5) is 0. The van der Waals surface area contributed by atoms with Crippen LogP contribution >= 0.6 is 0 Å². The molecule has 0 aromatic heterocycles. The van der Waals surface area contributed by atoms with Crippen LogP contribution in [0.25, 0.3) is 0 Å². The zero-order valence-electron chi connectivity index (χ0n) is 9.21. The summed E-state index contributed by atoms with van der Waals surface area (Å²) < 4.78 is 0. The third-order valence-electron chi connectivity index (χ3n) is 2.24. The van der Waals surface area contributed by atoms with Gasteiger partial charge in [0.05, 0.1) is 0 Å². The van der Waals surface area contributed by atoms with Gasteiger partial charge in [0.25, 0.3) is 0 Å². The minimum Gasteiger partial charge on any atom is -1.00 e. The standard InChI is InChI=1S/C9H13.3ClH.H3Si.Ti/c1-6-5-7(2)9(4)8(6)3;;;;;/h6H,1-4H3;3*1H;1H3;/q-1;;;;;+4/p-3. The van der Waals surface area contributed by atoms with Crippen molar-refractivity contribution < 1.29 is 58.9 Å². The molecule has 1 unspecified atom stereocenters. The van der Waals surface area contributed by atoms with Crippen molar-refractivity contribution in [3.05, 3.63) is 22.8 Å². The maximum atomic E-state index is 3.36. The van der Waals surface area contributed by atoms with Gasteiger partial charge in [-0.1, -0.05) is 26.7 Å². The molecular formula is C9H16Cl3SiTi. The first-order valence-corrected chi connectivity index (χ1v) is 3.40. The van der Waals surface area contributed by atoms with Gasteiger partial charge in [-0.3, -0.25) is 6.08 Å². The summed E-state index contributed by atoms with van der Waals surface area (Å²) in [6.07, 6.45) is 3.36. The molecule has 0 heterocycles. The Labute approximate surface area is 126 Å². The molecule has 0 saturated carbocycles. The third-order valence-corrected chi connectivity index (χ3v) is 2.24. The third kappa shape index (κ3) is 6.71. The van der Waals surface area contributed by atoms with Crippen molar-refractivity contribution in [1.29, 1.82) is 0 Å². The van der Waals surface area contributed by atoms with E-state index in [1.54, 1.807) is 0 Å². The van der Waals surface area contributed by atoms with Gasteiger partial charge in [-0.2, -0.15) is 11.1 Å². The van der Waals surface area contributed by atoms with E-state index >= 15 is 0 Å². The van der Waals surface area contributed by atoms with Crippen LogP contribution in [0.5, 0.6) is 0 Å². The van der Waals surface area contributed by atoms with Crippen LogP contribution in [0, 0.1) is 12.0 Å². The van der Waals surface area contributed by atoms with Crippen LogP contribution in [0.15, 0.2) is 16.7 Å². The molecule has 0 saturated heterocycles. The van der Waals surface area contributed by atoms with Gasteiger partial charge in [-0.15, -0.1) is 6.92 Å². The first-order chi connectivity index (χ1) is 4.13. The number of hydrogen-bond donors (Lipinski definition) is 0. The molecule has 1 aliphatic rings. The van der Waals surface area contributed by atoms with Crippen molar-refractivity contribution in [2.45, 2.75) is 27.7 Å². The smallest absolute Gasteiger partial charge is 1.00 e. The van der Waals surface area contributed by atoms with Gasteiger partial charge in [0.1, 0.15) is 0 Å². The average Bonchev–Trinajstić information content (AvgIpc) is 1.98. The topological polar surface area (TPSA) is 0 Å². The molecule has 0 N–H and O–H groups in total. The second-order valence-corrected chi connectivity index (χ2v) is 2.80. The normalized spacial score (nSPS) is 17.4. The molecule has 1 aliphatic carbocycles. The summed E-state index contributed by atoms with van der Waals surface area (Å²) in [5, 5.41) is 0. The fourth-order valence-electron chi connectivity index (χ4n) is 1.16. The summed E-state index contributed by atoms with van der Waals surface area (Å²) in [6.45, 7) is 8.67. The van der Waals surface area contributed by atoms with Crippen LogP contribution in [0.4, 0.5) is 0 Å². The monoisotopic (exact) mass is 305 g/mol. The molecule has 0 spiro atoms. The van der Waals surface area contributed by atoms with Crippen molar-refractivity contribution in [3.8, 4) is 0 Å². The average molecular weight is 307 g/mol. The van der Waals surface area contributed by atoms with Gasteiger partial charge < -0.3 is 37.2 Å². The number of allylic oxidation sites excluding steroid dienone is 4. The van der Waals surface area contributed by atoms with Crippen LogP contribution in [-0.2, 0) is 21.7 Å². The molecule has 0 aromatic carbocycles. The summed E-state index contributed by atoms with van der Waals surface area (Å²) in [5.74, 6) is 0.560. The fraction of sp³-hybridized carbons (Fsp3) is 0.556. The number of rotatable bonds is 0. The first-order valence-electron chi connectivity index (χ1n) is 3.40. The van der Waals surface area contributed by atoms with E-state index in [4.69, 9.17) is 0 Å². The molecule has 14 heavy (non-hydrogen) atoms. The van der Waals surface area contributed by atoms with Gasteiger partial charge in [0, 0.05) is 0 Å². The number of hydrogen-bond acceptors (Lipinski definition) is 0. The van der Waals surface area contributed by atoms with E-state index < -0.39 is 0 Å². The van der Waals surface area contributed by atoms with E-state index in [2.05, 4.69) is 33.8 Å². The van der Waals surface area contributed by atoms with E-state index in [0.717, 1.165) is 0 Å². The van der Waals surface area contributed by atoms with Crippen LogP contribution in [0.1, 0.15) is 27.7 Å². The largest absolute Gasteiger partial charge is 4.00 e. The van der Waals surface area contributed by atoms with Gasteiger partial charge in [-0.25, -0.2) is 5.57 Å². The van der Waals surface area contributed by atoms with Crippen molar-refractivity contribution in [1.82, 2.24) is 0 Å². The molecule has 0 aliphatic heterocycles. The second-order valence-electron chi connectivity index (χ2n) is 2.80. The van der Waals surface area contributed by atoms with Gasteiger partial charge >= 0.3 is 21.7 Å². The molecule has 5 heteroatoms. The summed E-state index contributed by atoms with van der Waals surface area (Å²) in [5.41, 5.74) is 4.25. The van der Waals surface area contributed by atoms with Crippen molar-refractivity contribution >= 4 is 11.0 Å². The Morgan fingerprint density at radius 2 is 1.36 bits per heavy atom. The summed E-state index contributed by atoms with van der Waals surface area (Å²) >= 11 is 0. The maximum Gasteiger partial charge on any atom is 4.00 e. The molecule has 0 amide bonds. The molecule has 1 atom stereocenters. The Morgan fingerprint density at radius 3 is 1.43 bits per heavy atom. The minimum atomic E-state index is 0. The van der Waals surface area contributed by atoms with Crippen molar-refractivity contribution in [2.24, 2.45) is 5.92 Å². The fourth-order valence-corrected chi connectivity index (χ4v) is 1.16. The van der Waals surface area contributed by atoms with Crippen LogP contribution < -0.4 is 37.2 Å². The molecule has 0 aromatic rings. The predicted molar refractivity (Wildman–Crippen MR) is 49.9 cm³/mol. The van der Waals surface area contributed by atoms with E-state index in [1.165, 1.54) is 16.7 Å². The molecular weight excluding hydrogens is 290 g/mol. The Bertz CT molecular complexity index is 202. The Hall–Kier alpha value is 1.28. The molecule has 1 radical (unpaired) electrons. The van der Waals surface area contributed by atoms with Gasteiger partial charge in [0.15, 0.2) is 0 Å². The molecule has 81 valence electrons. The zero-order chi connectivity index (χ0) is 7.02.